The maximum Gasteiger partial charge on any atom is 0.0693 e. The van der Waals surface area contributed by atoms with Crippen molar-refractivity contribution in [3.63, 3.8) is 0 Å². The topological polar surface area (TPSA) is 45.1 Å². The van der Waals surface area contributed by atoms with Crippen molar-refractivity contribution >= 4 is 0 Å². The van der Waals surface area contributed by atoms with E-state index in [4.69, 9.17) is 0 Å². The number of hydrogen-bond acceptors (Lipinski definition) is 3. The van der Waals surface area contributed by atoms with E-state index in [1.165, 1.54) is 17.5 Å². The molecule has 1 aliphatic carbocycles. The normalized spacial score (nSPS) is 23.7. The van der Waals surface area contributed by atoms with E-state index in [-0.39, 0.29) is 18.2 Å². The van der Waals surface area contributed by atoms with Crippen molar-refractivity contribution < 1.29 is 5.11 Å². The Balaban J connectivity index is 1.86. The number of nitrogens with one attached hydrogen (secondary N) is 1. The Labute approximate surface area is 126 Å². The lowest BCUT2D eigenvalue weighted by Gasteiger charge is -2.32. The highest BCUT2D eigenvalue weighted by Crippen LogP contribution is 2.26. The van der Waals surface area contributed by atoms with Crippen LogP contribution in [0.1, 0.15) is 42.9 Å². The summed E-state index contributed by atoms with van der Waals surface area (Å²) in [5.41, 5.74) is 2.41. The van der Waals surface area contributed by atoms with E-state index in [0.717, 1.165) is 19.3 Å². The van der Waals surface area contributed by atoms with Gasteiger partial charge in [-0.1, -0.05) is 43.2 Å². The van der Waals surface area contributed by atoms with Gasteiger partial charge in [0.25, 0.3) is 0 Å². The summed E-state index contributed by atoms with van der Waals surface area (Å²) in [4.78, 5) is 4.11. The Kier molecular flexibility index (Phi) is 4.63. The first-order chi connectivity index (χ1) is 10.3. The van der Waals surface area contributed by atoms with E-state index in [9.17, 15) is 5.11 Å². The molecule has 3 nitrogen and oxygen atoms in total. The van der Waals surface area contributed by atoms with Gasteiger partial charge >= 0.3 is 0 Å². The molecule has 0 aliphatic heterocycles. The van der Waals surface area contributed by atoms with Crippen molar-refractivity contribution in [2.24, 2.45) is 0 Å². The highest BCUT2D eigenvalue weighted by atomic mass is 16.3. The van der Waals surface area contributed by atoms with Crippen molar-refractivity contribution in [2.45, 2.75) is 43.9 Å². The summed E-state index contributed by atoms with van der Waals surface area (Å²) in [6.07, 6.45) is 7.66. The summed E-state index contributed by atoms with van der Waals surface area (Å²) in [5, 5.41) is 13.9. The fourth-order valence-corrected chi connectivity index (χ4v) is 3.11. The lowest BCUT2D eigenvalue weighted by Crippen LogP contribution is -2.44. The number of hydrogen-bond donors (Lipinski definition) is 2. The van der Waals surface area contributed by atoms with Gasteiger partial charge in [0.15, 0.2) is 0 Å². The highest BCUT2D eigenvalue weighted by molar-refractivity contribution is 5.30. The van der Waals surface area contributed by atoms with Gasteiger partial charge in [-0.25, -0.2) is 0 Å². The predicted molar refractivity (Wildman–Crippen MR) is 83.9 cm³/mol. The quantitative estimate of drug-likeness (QED) is 0.906. The van der Waals surface area contributed by atoms with E-state index >= 15 is 0 Å². The number of nitrogens with zero attached hydrogens (tertiary/aromatic N) is 1. The summed E-state index contributed by atoms with van der Waals surface area (Å²) >= 11 is 0. The zero-order chi connectivity index (χ0) is 14.5. The molecule has 0 radical (unpaired) electrons. The molecule has 0 bridgehead atoms. The Morgan fingerprint density at radius 2 is 1.62 bits per heavy atom. The third-order valence-electron chi connectivity index (χ3n) is 4.28. The Morgan fingerprint density at radius 1 is 0.952 bits per heavy atom. The van der Waals surface area contributed by atoms with E-state index in [1.807, 2.05) is 30.6 Å². The lowest BCUT2D eigenvalue weighted by molar-refractivity contribution is 0.0872. The van der Waals surface area contributed by atoms with Gasteiger partial charge in [-0.15, -0.1) is 0 Å². The number of aliphatic hydroxyl groups excluding tert-OH is 1. The maximum absolute atomic E-state index is 10.2. The molecule has 1 aromatic heterocycles. The summed E-state index contributed by atoms with van der Waals surface area (Å²) in [7, 11) is 0. The molecule has 1 saturated carbocycles. The second kappa shape index (κ2) is 6.83. The number of rotatable bonds is 4. The van der Waals surface area contributed by atoms with Crippen LogP contribution in [0.5, 0.6) is 0 Å². The molecule has 0 spiro atoms. The molecule has 1 unspecified atom stereocenters. The molecule has 21 heavy (non-hydrogen) atoms. The van der Waals surface area contributed by atoms with Crippen molar-refractivity contribution in [2.75, 3.05) is 0 Å². The Hall–Kier alpha value is -1.71. The summed E-state index contributed by atoms with van der Waals surface area (Å²) in [6, 6.07) is 14.8. The van der Waals surface area contributed by atoms with Crippen molar-refractivity contribution in [1.29, 1.82) is 0 Å². The molecule has 1 aromatic carbocycles. The first-order valence-corrected chi connectivity index (χ1v) is 7.73. The molecule has 110 valence electrons. The lowest BCUT2D eigenvalue weighted by atomic mass is 9.90. The molecule has 0 saturated heterocycles. The third-order valence-corrected chi connectivity index (χ3v) is 4.28. The van der Waals surface area contributed by atoms with Crippen molar-refractivity contribution in [1.82, 2.24) is 10.3 Å². The van der Waals surface area contributed by atoms with Gasteiger partial charge in [0.2, 0.25) is 0 Å². The molecule has 0 amide bonds. The maximum atomic E-state index is 10.2. The van der Waals surface area contributed by atoms with E-state index < -0.39 is 0 Å². The minimum atomic E-state index is -0.244. The zero-order valence-corrected chi connectivity index (χ0v) is 12.2. The largest absolute Gasteiger partial charge is 0.392 e. The van der Waals surface area contributed by atoms with Gasteiger partial charge in [0.1, 0.15) is 0 Å². The predicted octanol–water partition coefficient (Wildman–Crippen LogP) is 3.06. The van der Waals surface area contributed by atoms with Gasteiger partial charge in [-0.2, -0.15) is 0 Å². The van der Waals surface area contributed by atoms with E-state index in [0.29, 0.717) is 0 Å². The van der Waals surface area contributed by atoms with Crippen molar-refractivity contribution in [3.8, 4) is 0 Å². The summed E-state index contributed by atoms with van der Waals surface area (Å²) in [5.74, 6) is 0. The van der Waals surface area contributed by atoms with Crippen LogP contribution in [-0.2, 0) is 0 Å². The third kappa shape index (κ3) is 3.49. The number of benzene rings is 1. The van der Waals surface area contributed by atoms with E-state index in [2.05, 4.69) is 34.6 Å². The molecule has 3 atom stereocenters. The molecule has 1 heterocycles. The first-order valence-electron chi connectivity index (χ1n) is 7.73. The van der Waals surface area contributed by atoms with Gasteiger partial charge in [-0.3, -0.25) is 4.98 Å². The van der Waals surface area contributed by atoms with Crippen LogP contribution in [0.4, 0.5) is 0 Å². The van der Waals surface area contributed by atoms with Gasteiger partial charge in [-0.05, 0) is 36.1 Å². The van der Waals surface area contributed by atoms with Crippen LogP contribution in [0.25, 0.3) is 0 Å². The van der Waals surface area contributed by atoms with Gasteiger partial charge < -0.3 is 10.4 Å². The molecular weight excluding hydrogens is 260 g/mol. The average molecular weight is 282 g/mol. The standard InChI is InChI=1S/C18H22N2O/c21-17-9-5-4-8-16(17)20-18(14-6-2-1-3-7-14)15-10-12-19-13-11-15/h1-3,6-7,10-13,16-18,20-21H,4-5,8-9H2/t16-,17-,18?/m0/s1. The molecule has 1 fully saturated rings. The average Bonchev–Trinajstić information content (AvgIpc) is 2.56. The second-order valence-corrected chi connectivity index (χ2v) is 5.75. The fraction of sp³-hybridized carbons (Fsp3) is 0.389. The van der Waals surface area contributed by atoms with Crippen LogP contribution in [0.3, 0.4) is 0 Å². The van der Waals surface area contributed by atoms with Gasteiger partial charge in [0.05, 0.1) is 12.1 Å². The second-order valence-electron chi connectivity index (χ2n) is 5.75. The number of aliphatic hydroxyl groups is 1. The molecule has 3 heteroatoms. The molecule has 3 rings (SSSR count). The minimum absolute atomic E-state index is 0.104. The van der Waals surface area contributed by atoms with Crippen LogP contribution < -0.4 is 5.32 Å². The number of pyridine rings is 1. The van der Waals surface area contributed by atoms with Gasteiger partial charge in [0, 0.05) is 18.4 Å². The highest BCUT2D eigenvalue weighted by Gasteiger charge is 2.26. The fourth-order valence-electron chi connectivity index (χ4n) is 3.11. The Morgan fingerprint density at radius 3 is 2.33 bits per heavy atom. The van der Waals surface area contributed by atoms with Crippen LogP contribution >= 0.6 is 0 Å². The SMILES string of the molecule is O[C@H]1CCCC[C@@H]1NC(c1ccccc1)c1ccncc1. The smallest absolute Gasteiger partial charge is 0.0693 e. The van der Waals surface area contributed by atoms with Crippen LogP contribution in [0.15, 0.2) is 54.9 Å². The number of aromatic nitrogens is 1. The Bertz CT molecular complexity index is 504. The van der Waals surface area contributed by atoms with Crippen molar-refractivity contribution in [3.05, 3.63) is 66.0 Å². The molecule has 2 aromatic rings. The first kappa shape index (κ1) is 14.2. The zero-order valence-electron chi connectivity index (χ0n) is 12.2. The van der Waals surface area contributed by atoms with Crippen LogP contribution in [0.2, 0.25) is 0 Å². The monoisotopic (exact) mass is 282 g/mol. The molecular formula is C18H22N2O. The van der Waals surface area contributed by atoms with Crippen LogP contribution in [0, 0.1) is 0 Å². The minimum Gasteiger partial charge on any atom is -0.392 e. The molecule has 1 aliphatic rings. The summed E-state index contributed by atoms with van der Waals surface area (Å²) < 4.78 is 0. The van der Waals surface area contributed by atoms with Crippen LogP contribution in [-0.4, -0.2) is 22.2 Å². The van der Waals surface area contributed by atoms with E-state index in [1.54, 1.807) is 0 Å². The molecule has 2 N–H and O–H groups in total. The summed E-state index contributed by atoms with van der Waals surface area (Å²) in [6.45, 7) is 0.